The van der Waals surface area contributed by atoms with Crippen molar-refractivity contribution < 1.29 is 14.1 Å². The molecule has 0 aromatic heterocycles. The lowest BCUT2D eigenvalue weighted by Gasteiger charge is -2.28. The summed E-state index contributed by atoms with van der Waals surface area (Å²) in [6.07, 6.45) is 7.22. The lowest BCUT2D eigenvalue weighted by molar-refractivity contribution is -0.400. The second-order valence-corrected chi connectivity index (χ2v) is 6.65. The lowest BCUT2D eigenvalue weighted by Crippen LogP contribution is -2.40. The number of aliphatic imine (C=N–C) groups is 1. The van der Waals surface area contributed by atoms with Crippen LogP contribution in [0.15, 0.2) is 4.99 Å². The van der Waals surface area contributed by atoms with Gasteiger partial charge in [0.05, 0.1) is 6.54 Å². The van der Waals surface area contributed by atoms with Crippen LogP contribution in [0.1, 0.15) is 40.0 Å². The smallest absolute Gasteiger partial charge is 0.410 e. The number of carbonyl (C=O) groups is 1. The van der Waals surface area contributed by atoms with E-state index in [-0.39, 0.29) is 6.09 Å². The molecule has 0 aromatic rings. The van der Waals surface area contributed by atoms with E-state index in [1.807, 2.05) is 32.0 Å². The molecule has 0 bridgehead atoms. The quantitative estimate of drug-likeness (QED) is 0.728. The zero-order chi connectivity index (χ0) is 14.6. The molecule has 0 aromatic carbocycles. The maximum atomic E-state index is 12.2. The van der Waals surface area contributed by atoms with E-state index in [4.69, 9.17) is 4.74 Å². The number of rotatable bonds is 2. The average Bonchev–Trinajstić information content (AvgIpc) is 2.71. The van der Waals surface area contributed by atoms with Crippen molar-refractivity contribution in [3.8, 4) is 0 Å². The van der Waals surface area contributed by atoms with E-state index in [2.05, 4.69) is 15.8 Å². The summed E-state index contributed by atoms with van der Waals surface area (Å²) in [4.78, 5) is 18.3. The highest BCUT2D eigenvalue weighted by atomic mass is 16.6. The van der Waals surface area contributed by atoms with Gasteiger partial charge in [-0.25, -0.2) is 9.37 Å². The van der Waals surface area contributed by atoms with Crippen molar-refractivity contribution in [1.29, 1.82) is 0 Å². The van der Waals surface area contributed by atoms with Crippen LogP contribution >= 0.6 is 0 Å². The molecule has 1 atom stereocenters. The monoisotopic (exact) mass is 280 g/mol. The van der Waals surface area contributed by atoms with Crippen LogP contribution in [-0.4, -0.2) is 59.9 Å². The summed E-state index contributed by atoms with van der Waals surface area (Å²) < 4.78 is 7.63. The summed E-state index contributed by atoms with van der Waals surface area (Å²) in [5.41, 5.74) is -0.422. The van der Waals surface area contributed by atoms with Gasteiger partial charge in [0.1, 0.15) is 11.8 Å². The lowest BCUT2D eigenvalue weighted by atomic mass is 10.0. The molecule has 1 saturated heterocycles. The first kappa shape index (κ1) is 15.0. The molecule has 1 amide bonds. The van der Waals surface area contributed by atoms with E-state index >= 15 is 0 Å². The van der Waals surface area contributed by atoms with Gasteiger partial charge in [-0.05, 0) is 33.6 Å². The first-order chi connectivity index (χ1) is 9.44. The Morgan fingerprint density at radius 2 is 2.25 bits per heavy atom. The van der Waals surface area contributed by atoms with Crippen LogP contribution in [-0.2, 0) is 4.74 Å². The molecule has 112 valence electrons. The van der Waals surface area contributed by atoms with Crippen LogP contribution in [0.4, 0.5) is 4.79 Å². The first-order valence-electron chi connectivity index (χ1n) is 7.51. The maximum absolute atomic E-state index is 12.2. The molecule has 0 N–H and O–H groups in total. The Morgan fingerprint density at radius 1 is 1.45 bits per heavy atom. The van der Waals surface area contributed by atoms with Crippen molar-refractivity contribution >= 4 is 18.6 Å². The zero-order valence-corrected chi connectivity index (χ0v) is 12.8. The van der Waals surface area contributed by atoms with Crippen molar-refractivity contribution in [3.05, 3.63) is 0 Å². The molecular weight excluding hydrogens is 254 g/mol. The third-order valence-corrected chi connectivity index (χ3v) is 3.54. The van der Waals surface area contributed by atoms with Gasteiger partial charge >= 0.3 is 6.09 Å². The van der Waals surface area contributed by atoms with Crippen molar-refractivity contribution in [2.75, 3.05) is 26.2 Å². The fraction of sp³-hybridized carbons (Fsp3) is 0.800. The van der Waals surface area contributed by atoms with Crippen LogP contribution in [0.2, 0.25) is 0 Å². The van der Waals surface area contributed by atoms with Crippen molar-refractivity contribution in [2.45, 2.75) is 45.6 Å². The highest BCUT2D eigenvalue weighted by Gasteiger charge is 2.27. The third kappa shape index (κ3) is 4.62. The van der Waals surface area contributed by atoms with Gasteiger partial charge in [0.15, 0.2) is 6.54 Å². The molecule has 2 rings (SSSR count). The van der Waals surface area contributed by atoms with Gasteiger partial charge in [-0.2, -0.15) is 0 Å². The number of amides is 1. The van der Waals surface area contributed by atoms with Crippen LogP contribution in [0.5, 0.6) is 0 Å². The van der Waals surface area contributed by atoms with Gasteiger partial charge < -0.3 is 9.64 Å². The summed E-state index contributed by atoms with van der Waals surface area (Å²) in [6, 6.07) is 0. The molecule has 0 spiro atoms. The molecule has 2 aliphatic heterocycles. The molecule has 1 fully saturated rings. The summed E-state index contributed by atoms with van der Waals surface area (Å²) in [7, 11) is 0. The van der Waals surface area contributed by atoms with E-state index in [1.165, 1.54) is 6.42 Å². The Bertz CT molecular complexity index is 410. The fourth-order valence-electron chi connectivity index (χ4n) is 2.64. The van der Waals surface area contributed by atoms with Crippen LogP contribution in [0.25, 0.3) is 0 Å². The minimum absolute atomic E-state index is 0.177. The van der Waals surface area contributed by atoms with Gasteiger partial charge in [0, 0.05) is 19.0 Å². The first-order valence-corrected chi connectivity index (χ1v) is 7.51. The normalized spacial score (nSPS) is 23.4. The van der Waals surface area contributed by atoms with Crippen LogP contribution in [0, 0.1) is 5.92 Å². The molecular formula is C15H26N3O2+. The van der Waals surface area contributed by atoms with E-state index in [0.29, 0.717) is 5.92 Å². The molecule has 0 aliphatic carbocycles. The Balaban J connectivity index is 1.92. The largest absolute Gasteiger partial charge is 0.444 e. The molecule has 0 radical (unpaired) electrons. The predicted molar refractivity (Wildman–Crippen MR) is 79.7 cm³/mol. The average molecular weight is 280 g/mol. The third-order valence-electron chi connectivity index (χ3n) is 3.54. The zero-order valence-electron chi connectivity index (χ0n) is 12.8. The second-order valence-electron chi connectivity index (χ2n) is 6.65. The summed E-state index contributed by atoms with van der Waals surface area (Å²) in [5.74, 6) is 0.491. The molecule has 5 heteroatoms. The van der Waals surface area contributed by atoms with Crippen molar-refractivity contribution in [3.63, 3.8) is 0 Å². The number of nitrogens with zero attached hydrogens (tertiary/aromatic N) is 3. The van der Waals surface area contributed by atoms with E-state index in [0.717, 1.165) is 39.0 Å². The summed E-state index contributed by atoms with van der Waals surface area (Å²) >= 11 is 0. The highest BCUT2D eigenvalue weighted by molar-refractivity contribution is 5.68. The number of hydrogen-bond acceptors (Lipinski definition) is 3. The Hall–Kier alpha value is -1.39. The SMILES string of the molecule is CC(C)(C)OC(=O)N1CCCCC(C[N+]2=CCN=C2)C1. The Kier molecular flexibility index (Phi) is 4.78. The van der Waals surface area contributed by atoms with Crippen LogP contribution < -0.4 is 0 Å². The van der Waals surface area contributed by atoms with Gasteiger partial charge in [-0.3, -0.25) is 0 Å². The molecule has 2 heterocycles. The molecule has 0 saturated carbocycles. The summed E-state index contributed by atoms with van der Waals surface area (Å²) in [5, 5.41) is 0. The minimum Gasteiger partial charge on any atom is -0.444 e. The summed E-state index contributed by atoms with van der Waals surface area (Å²) in [6.45, 7) is 9.06. The fourth-order valence-corrected chi connectivity index (χ4v) is 2.64. The number of likely N-dealkylation sites (tertiary alicyclic amines) is 1. The second kappa shape index (κ2) is 6.37. The number of carbonyl (C=O) groups excluding carboxylic acids is 1. The van der Waals surface area contributed by atoms with E-state index in [1.54, 1.807) is 0 Å². The molecule has 1 unspecified atom stereocenters. The minimum atomic E-state index is -0.422. The van der Waals surface area contributed by atoms with Crippen LogP contribution in [0.3, 0.4) is 0 Å². The van der Waals surface area contributed by atoms with Gasteiger partial charge in [-0.1, -0.05) is 11.4 Å². The Morgan fingerprint density at radius 3 is 2.90 bits per heavy atom. The van der Waals surface area contributed by atoms with Crippen molar-refractivity contribution in [1.82, 2.24) is 4.90 Å². The van der Waals surface area contributed by atoms with E-state index in [9.17, 15) is 4.79 Å². The Labute approximate surface area is 121 Å². The number of hydrogen-bond donors (Lipinski definition) is 0. The standard InChI is InChI=1S/C15H26N3O2/c1-15(2,3)20-14(19)18-8-5-4-6-13(11-18)10-17-9-7-16-12-17/h9,12-13H,4-8,10-11H2,1-3H3/q+1. The van der Waals surface area contributed by atoms with Gasteiger partial charge in [0.2, 0.25) is 0 Å². The molecule has 5 nitrogen and oxygen atoms in total. The maximum Gasteiger partial charge on any atom is 0.410 e. The van der Waals surface area contributed by atoms with Crippen molar-refractivity contribution in [2.24, 2.45) is 10.9 Å². The van der Waals surface area contributed by atoms with E-state index < -0.39 is 5.60 Å². The molecule has 2 aliphatic rings. The number of ether oxygens (including phenoxy) is 1. The highest BCUT2D eigenvalue weighted by Crippen LogP contribution is 2.19. The van der Waals surface area contributed by atoms with Gasteiger partial charge in [-0.15, -0.1) is 0 Å². The molecule has 20 heavy (non-hydrogen) atoms. The van der Waals surface area contributed by atoms with Gasteiger partial charge in [0.25, 0.3) is 6.34 Å². The predicted octanol–water partition coefficient (Wildman–Crippen LogP) is 2.15. The topological polar surface area (TPSA) is 44.9 Å².